The van der Waals surface area contributed by atoms with E-state index in [1.54, 1.807) is 12.1 Å². The zero-order valence-electron chi connectivity index (χ0n) is 16.9. The summed E-state index contributed by atoms with van der Waals surface area (Å²) in [5.74, 6) is 0.297. The Kier molecular flexibility index (Phi) is 7.20. The minimum absolute atomic E-state index is 0.0663. The molecule has 0 aromatic heterocycles. The van der Waals surface area contributed by atoms with E-state index in [1.165, 1.54) is 11.6 Å². The third-order valence-corrected chi connectivity index (χ3v) is 4.81. The summed E-state index contributed by atoms with van der Waals surface area (Å²) in [6, 6.07) is 18.8. The number of aryl methyl sites for hydroxylation is 1. The van der Waals surface area contributed by atoms with Crippen molar-refractivity contribution >= 4 is 23.3 Å². The molecule has 0 unspecified atom stereocenters. The summed E-state index contributed by atoms with van der Waals surface area (Å²) in [5.41, 5.74) is 4.01. The quantitative estimate of drug-likeness (QED) is 0.444. The van der Waals surface area contributed by atoms with Gasteiger partial charge in [0.2, 0.25) is 0 Å². The van der Waals surface area contributed by atoms with Crippen molar-refractivity contribution in [2.45, 2.75) is 27.0 Å². The Morgan fingerprint density at radius 2 is 1.83 bits per heavy atom. The molecule has 0 fully saturated rings. The Morgan fingerprint density at radius 1 is 1.00 bits per heavy atom. The topological polar surface area (TPSA) is 67.8 Å². The molecule has 2 N–H and O–H groups in total. The van der Waals surface area contributed by atoms with Gasteiger partial charge in [-0.2, -0.15) is 0 Å². The molecule has 0 amide bonds. The number of aromatic carboxylic acids is 1. The normalized spacial score (nSPS) is 10.5. The largest absolute Gasteiger partial charge is 0.490 e. The Hall–Kier alpha value is -3.18. The highest BCUT2D eigenvalue weighted by Crippen LogP contribution is 2.30. The van der Waals surface area contributed by atoms with Gasteiger partial charge in [0.1, 0.15) is 6.61 Å². The van der Waals surface area contributed by atoms with Crippen LogP contribution in [0.1, 0.15) is 34.0 Å². The van der Waals surface area contributed by atoms with Crippen LogP contribution in [0.4, 0.5) is 5.69 Å². The maximum absolute atomic E-state index is 11.2. The van der Waals surface area contributed by atoms with Crippen LogP contribution in [0.5, 0.6) is 11.5 Å². The fourth-order valence-corrected chi connectivity index (χ4v) is 3.21. The highest BCUT2D eigenvalue weighted by Gasteiger charge is 2.10. The van der Waals surface area contributed by atoms with Crippen molar-refractivity contribution in [2.75, 3.05) is 11.9 Å². The summed E-state index contributed by atoms with van der Waals surface area (Å²) < 4.78 is 11.7. The first-order chi connectivity index (χ1) is 14.5. The smallest absolute Gasteiger partial charge is 0.337 e. The van der Waals surface area contributed by atoms with Crippen molar-refractivity contribution in [1.82, 2.24) is 0 Å². The average molecular weight is 426 g/mol. The van der Waals surface area contributed by atoms with Crippen LogP contribution in [0.2, 0.25) is 5.02 Å². The molecule has 0 aliphatic heterocycles. The van der Waals surface area contributed by atoms with Gasteiger partial charge < -0.3 is 19.9 Å². The van der Waals surface area contributed by atoms with Crippen LogP contribution in [0, 0.1) is 6.92 Å². The van der Waals surface area contributed by atoms with Crippen molar-refractivity contribution in [3.8, 4) is 11.5 Å². The van der Waals surface area contributed by atoms with E-state index in [4.69, 9.17) is 21.1 Å². The van der Waals surface area contributed by atoms with Gasteiger partial charge >= 0.3 is 5.97 Å². The zero-order valence-corrected chi connectivity index (χ0v) is 17.7. The maximum atomic E-state index is 11.2. The van der Waals surface area contributed by atoms with Crippen molar-refractivity contribution in [2.24, 2.45) is 0 Å². The van der Waals surface area contributed by atoms with Gasteiger partial charge in [0.25, 0.3) is 0 Å². The summed E-state index contributed by atoms with van der Waals surface area (Å²) in [7, 11) is 0. The van der Waals surface area contributed by atoms with Gasteiger partial charge in [-0.1, -0.05) is 47.5 Å². The van der Waals surface area contributed by atoms with Crippen LogP contribution in [0.25, 0.3) is 0 Å². The van der Waals surface area contributed by atoms with Crippen LogP contribution < -0.4 is 14.8 Å². The van der Waals surface area contributed by atoms with Crippen LogP contribution >= 0.6 is 11.6 Å². The summed E-state index contributed by atoms with van der Waals surface area (Å²) in [4.78, 5) is 11.2. The highest BCUT2D eigenvalue weighted by atomic mass is 35.5. The number of ether oxygens (including phenoxy) is 2. The van der Waals surface area contributed by atoms with Gasteiger partial charge in [-0.05, 0) is 55.3 Å². The number of hydrogen-bond donors (Lipinski definition) is 2. The number of nitrogens with one attached hydrogen (secondary N) is 1. The first-order valence-corrected chi connectivity index (χ1v) is 10.0. The molecule has 30 heavy (non-hydrogen) atoms. The van der Waals surface area contributed by atoms with Crippen molar-refractivity contribution in [3.05, 3.63) is 87.9 Å². The number of rotatable bonds is 9. The monoisotopic (exact) mass is 425 g/mol. The number of anilines is 1. The molecule has 0 bridgehead atoms. The van der Waals surface area contributed by atoms with Crippen molar-refractivity contribution in [1.29, 1.82) is 0 Å². The summed E-state index contributed by atoms with van der Waals surface area (Å²) in [6.45, 7) is 5.46. The third-order valence-electron chi connectivity index (χ3n) is 4.48. The molecule has 0 heterocycles. The van der Waals surface area contributed by atoms with E-state index >= 15 is 0 Å². The number of benzene rings is 3. The SMILES string of the molecule is CCOc1cc(CNc2ccc(Cl)c(C(=O)O)c2)ccc1OCc1cccc(C)c1. The second-order valence-electron chi connectivity index (χ2n) is 6.85. The predicted molar refractivity (Wildman–Crippen MR) is 119 cm³/mol. The lowest BCUT2D eigenvalue weighted by atomic mass is 10.1. The molecule has 0 spiro atoms. The summed E-state index contributed by atoms with van der Waals surface area (Å²) >= 11 is 5.92. The van der Waals surface area contributed by atoms with Crippen LogP contribution in [0.3, 0.4) is 0 Å². The molecule has 3 rings (SSSR count). The zero-order chi connectivity index (χ0) is 21.5. The Balaban J connectivity index is 1.70. The van der Waals surface area contributed by atoms with E-state index in [0.29, 0.717) is 36.9 Å². The molecular formula is C24H24ClNO4. The minimum atomic E-state index is -1.06. The molecule has 0 saturated heterocycles. The standard InChI is InChI=1S/C24H24ClNO4/c1-3-29-23-12-17(14-26-19-8-9-21(25)20(13-19)24(27)28)7-10-22(23)30-15-18-6-4-5-16(2)11-18/h4-13,26H,3,14-15H2,1-2H3,(H,27,28). The average Bonchev–Trinajstić information content (AvgIpc) is 2.72. The molecule has 5 nitrogen and oxygen atoms in total. The Morgan fingerprint density at radius 3 is 2.57 bits per heavy atom. The third kappa shape index (κ3) is 5.67. The minimum Gasteiger partial charge on any atom is -0.490 e. The van der Waals surface area contributed by atoms with E-state index < -0.39 is 5.97 Å². The van der Waals surface area contributed by atoms with Crippen LogP contribution in [-0.4, -0.2) is 17.7 Å². The van der Waals surface area contributed by atoms with E-state index in [0.717, 1.165) is 11.1 Å². The van der Waals surface area contributed by atoms with Crippen LogP contribution in [-0.2, 0) is 13.2 Å². The number of carbonyl (C=O) groups is 1. The van der Waals surface area contributed by atoms with E-state index in [2.05, 4.69) is 24.4 Å². The number of halogens is 1. The second kappa shape index (κ2) is 10.0. The lowest BCUT2D eigenvalue weighted by Crippen LogP contribution is -2.04. The Bertz CT molecular complexity index is 1040. The van der Waals surface area contributed by atoms with Gasteiger partial charge in [-0.3, -0.25) is 0 Å². The lowest BCUT2D eigenvalue weighted by Gasteiger charge is -2.14. The predicted octanol–water partition coefficient (Wildman–Crippen LogP) is 5.94. The van der Waals surface area contributed by atoms with Gasteiger partial charge in [0.15, 0.2) is 11.5 Å². The van der Waals surface area contributed by atoms with Gasteiger partial charge in [0.05, 0.1) is 17.2 Å². The van der Waals surface area contributed by atoms with E-state index in [1.807, 2.05) is 37.3 Å². The van der Waals surface area contributed by atoms with E-state index in [-0.39, 0.29) is 10.6 Å². The number of carboxylic acid groups (broad SMARTS) is 1. The van der Waals surface area contributed by atoms with E-state index in [9.17, 15) is 9.90 Å². The summed E-state index contributed by atoms with van der Waals surface area (Å²) in [5, 5.41) is 12.6. The van der Waals surface area contributed by atoms with Crippen molar-refractivity contribution < 1.29 is 19.4 Å². The molecule has 156 valence electrons. The molecular weight excluding hydrogens is 402 g/mol. The lowest BCUT2D eigenvalue weighted by molar-refractivity contribution is 0.0697. The highest BCUT2D eigenvalue weighted by molar-refractivity contribution is 6.33. The number of hydrogen-bond acceptors (Lipinski definition) is 4. The number of carboxylic acids is 1. The molecule has 3 aromatic carbocycles. The molecule has 0 saturated carbocycles. The molecule has 0 atom stereocenters. The summed E-state index contributed by atoms with van der Waals surface area (Å²) in [6.07, 6.45) is 0. The Labute approximate surface area is 181 Å². The molecule has 0 aliphatic rings. The first kappa shape index (κ1) is 21.5. The van der Waals surface area contributed by atoms with Crippen molar-refractivity contribution in [3.63, 3.8) is 0 Å². The van der Waals surface area contributed by atoms with Gasteiger partial charge in [-0.15, -0.1) is 0 Å². The first-order valence-electron chi connectivity index (χ1n) is 9.67. The van der Waals surface area contributed by atoms with Gasteiger partial charge in [0, 0.05) is 12.2 Å². The second-order valence-corrected chi connectivity index (χ2v) is 7.25. The van der Waals surface area contributed by atoms with Gasteiger partial charge in [-0.25, -0.2) is 4.79 Å². The molecule has 3 aromatic rings. The maximum Gasteiger partial charge on any atom is 0.337 e. The molecule has 0 aliphatic carbocycles. The fourth-order valence-electron chi connectivity index (χ4n) is 3.02. The fraction of sp³-hybridized carbons (Fsp3) is 0.208. The molecule has 0 radical (unpaired) electrons. The molecule has 6 heteroatoms. The van der Waals surface area contributed by atoms with Crippen LogP contribution in [0.15, 0.2) is 60.7 Å².